The number of hydrogen-bond acceptors (Lipinski definition) is 4. The van der Waals surface area contributed by atoms with Crippen LogP contribution in [-0.2, 0) is 0 Å². The molecule has 0 spiro atoms. The second kappa shape index (κ2) is 5.38. The van der Waals surface area contributed by atoms with Crippen molar-refractivity contribution in [3.8, 4) is 0 Å². The summed E-state index contributed by atoms with van der Waals surface area (Å²) in [4.78, 5) is 9.69. The van der Waals surface area contributed by atoms with E-state index in [1.807, 2.05) is 6.92 Å². The van der Waals surface area contributed by atoms with E-state index >= 15 is 0 Å². The van der Waals surface area contributed by atoms with Gasteiger partial charge in [0, 0.05) is 17.3 Å². The second-order valence-corrected chi connectivity index (χ2v) is 9.55. The molecule has 0 radical (unpaired) electrons. The molecule has 1 saturated heterocycles. The van der Waals surface area contributed by atoms with Crippen molar-refractivity contribution in [2.45, 2.75) is 66.5 Å². The summed E-state index contributed by atoms with van der Waals surface area (Å²) in [5, 5.41) is 1.10. The highest BCUT2D eigenvalue weighted by molar-refractivity contribution is 6.70. The third-order valence-corrected chi connectivity index (χ3v) is 6.58. The standard InChI is InChI=1S/C21H30BN3O/c1-13-11-17-18(16-10-9-14(2)23-19(16)26-17)24(8)22(13)25-15(3)20(4,5)12-21(25,6)7/h9-11,15H,12H2,1-8H3. The highest BCUT2D eigenvalue weighted by Gasteiger charge is 2.54. The number of anilines is 1. The minimum absolute atomic E-state index is 0.142. The Balaban J connectivity index is 1.85. The number of allylic oxidation sites excluding steroid dienone is 1. The molecule has 4 rings (SSSR count). The predicted octanol–water partition coefficient (Wildman–Crippen LogP) is 4.92. The zero-order valence-corrected chi connectivity index (χ0v) is 17.3. The smallest absolute Gasteiger partial charge is 0.374 e. The van der Waals surface area contributed by atoms with Crippen molar-refractivity contribution in [2.75, 3.05) is 11.9 Å². The van der Waals surface area contributed by atoms with E-state index in [1.165, 1.54) is 11.9 Å². The van der Waals surface area contributed by atoms with Gasteiger partial charge in [-0.1, -0.05) is 19.3 Å². The molecular formula is C21H30BN3O. The summed E-state index contributed by atoms with van der Waals surface area (Å²) >= 11 is 0. The normalized spacial score (nSPS) is 24.9. The lowest BCUT2D eigenvalue weighted by Gasteiger charge is -2.45. The number of fused-ring (bicyclic) bond motifs is 3. The molecule has 0 bridgehead atoms. The van der Waals surface area contributed by atoms with Crippen molar-refractivity contribution in [3.05, 3.63) is 29.1 Å². The lowest BCUT2D eigenvalue weighted by Crippen LogP contribution is -2.61. The Labute approximate surface area is 157 Å². The highest BCUT2D eigenvalue weighted by Crippen LogP contribution is 2.49. The average molecular weight is 351 g/mol. The molecule has 2 aliphatic heterocycles. The number of rotatable bonds is 1. The van der Waals surface area contributed by atoms with Gasteiger partial charge in [-0.15, -0.1) is 0 Å². The molecular weight excluding hydrogens is 321 g/mol. The Morgan fingerprint density at radius 1 is 1.19 bits per heavy atom. The van der Waals surface area contributed by atoms with E-state index in [4.69, 9.17) is 4.42 Å². The van der Waals surface area contributed by atoms with Crippen molar-refractivity contribution in [1.29, 1.82) is 0 Å². The van der Waals surface area contributed by atoms with E-state index in [-0.39, 0.29) is 12.5 Å². The van der Waals surface area contributed by atoms with Crippen LogP contribution in [0.2, 0.25) is 0 Å². The molecule has 5 heteroatoms. The van der Waals surface area contributed by atoms with Crippen LogP contribution in [0.25, 0.3) is 17.2 Å². The molecule has 0 amide bonds. The van der Waals surface area contributed by atoms with Gasteiger partial charge in [0.05, 0.1) is 11.1 Å². The number of aryl methyl sites for hydroxylation is 1. The molecule has 26 heavy (non-hydrogen) atoms. The van der Waals surface area contributed by atoms with E-state index in [1.54, 1.807) is 0 Å². The van der Waals surface area contributed by atoms with Crippen LogP contribution in [0.3, 0.4) is 0 Å². The van der Waals surface area contributed by atoms with Crippen LogP contribution < -0.4 is 4.81 Å². The molecule has 0 N–H and O–H groups in total. The summed E-state index contributed by atoms with van der Waals surface area (Å²) in [6, 6.07) is 4.70. The third kappa shape index (κ3) is 2.36. The fourth-order valence-corrected chi connectivity index (χ4v) is 5.45. The quantitative estimate of drug-likeness (QED) is 0.683. The maximum atomic E-state index is 6.10. The van der Waals surface area contributed by atoms with E-state index in [9.17, 15) is 0 Å². The molecule has 4 nitrogen and oxygen atoms in total. The number of hydrogen-bond donors (Lipinski definition) is 0. The molecule has 0 aliphatic carbocycles. The number of nitrogens with zero attached hydrogens (tertiary/aromatic N) is 3. The number of furan rings is 1. The van der Waals surface area contributed by atoms with Gasteiger partial charge in [-0.2, -0.15) is 0 Å². The van der Waals surface area contributed by atoms with Crippen LogP contribution in [0.15, 0.2) is 22.0 Å². The Hall–Kier alpha value is -1.75. The van der Waals surface area contributed by atoms with E-state index in [0.717, 1.165) is 28.2 Å². The van der Waals surface area contributed by atoms with Gasteiger partial charge in [0.2, 0.25) is 5.71 Å². The summed E-state index contributed by atoms with van der Waals surface area (Å²) in [5.74, 6) is 0.929. The Kier molecular flexibility index (Phi) is 3.66. The first-order chi connectivity index (χ1) is 12.0. The van der Waals surface area contributed by atoms with Crippen LogP contribution in [0, 0.1) is 12.3 Å². The molecule has 1 atom stereocenters. The molecule has 2 aromatic rings. The van der Waals surface area contributed by atoms with Crippen molar-refractivity contribution in [1.82, 2.24) is 9.79 Å². The molecule has 0 saturated carbocycles. The van der Waals surface area contributed by atoms with Gasteiger partial charge in [0.15, 0.2) is 5.76 Å². The first kappa shape index (κ1) is 17.7. The van der Waals surface area contributed by atoms with Gasteiger partial charge in [0.1, 0.15) is 0 Å². The van der Waals surface area contributed by atoms with Gasteiger partial charge >= 0.3 is 6.98 Å². The van der Waals surface area contributed by atoms with Crippen LogP contribution in [0.1, 0.15) is 59.4 Å². The lowest BCUT2D eigenvalue weighted by atomic mass is 9.59. The first-order valence-corrected chi connectivity index (χ1v) is 9.62. The predicted molar refractivity (Wildman–Crippen MR) is 110 cm³/mol. The lowest BCUT2D eigenvalue weighted by molar-refractivity contribution is 0.234. The average Bonchev–Trinajstić information content (AvgIpc) is 2.92. The van der Waals surface area contributed by atoms with Crippen molar-refractivity contribution in [3.63, 3.8) is 0 Å². The largest absolute Gasteiger partial charge is 0.436 e. The van der Waals surface area contributed by atoms with E-state index in [2.05, 4.69) is 81.4 Å². The van der Waals surface area contributed by atoms with E-state index < -0.39 is 0 Å². The maximum absolute atomic E-state index is 6.10. The fourth-order valence-electron chi connectivity index (χ4n) is 5.45. The molecule has 2 aromatic heterocycles. The molecule has 1 fully saturated rings. The number of aromatic nitrogens is 1. The SMILES string of the molecule is CC1=Cc2oc3nc(C)ccc3c2N(C)B1N1C(C)C(C)(C)CC1(C)C. The molecule has 2 aliphatic rings. The van der Waals surface area contributed by atoms with Crippen molar-refractivity contribution in [2.24, 2.45) is 5.41 Å². The molecule has 1 unspecified atom stereocenters. The van der Waals surface area contributed by atoms with Gasteiger partial charge < -0.3 is 14.0 Å². The Bertz CT molecular complexity index is 911. The summed E-state index contributed by atoms with van der Waals surface area (Å²) in [6.07, 6.45) is 3.41. The number of pyridine rings is 1. The fraction of sp³-hybridized carbons (Fsp3) is 0.571. The summed E-state index contributed by atoms with van der Waals surface area (Å²) < 4.78 is 6.10. The zero-order valence-electron chi connectivity index (χ0n) is 17.3. The molecule has 4 heterocycles. The third-order valence-electron chi connectivity index (χ3n) is 6.58. The van der Waals surface area contributed by atoms with Gasteiger partial charge in [-0.3, -0.25) is 0 Å². The highest BCUT2D eigenvalue weighted by atomic mass is 16.3. The van der Waals surface area contributed by atoms with E-state index in [0.29, 0.717) is 11.5 Å². The van der Waals surface area contributed by atoms with Crippen LogP contribution in [-0.4, -0.2) is 35.4 Å². The van der Waals surface area contributed by atoms with Crippen LogP contribution >= 0.6 is 0 Å². The Morgan fingerprint density at radius 2 is 1.88 bits per heavy atom. The van der Waals surface area contributed by atoms with Gasteiger partial charge in [0.25, 0.3) is 0 Å². The monoisotopic (exact) mass is 351 g/mol. The minimum atomic E-state index is 0.142. The van der Waals surface area contributed by atoms with Crippen molar-refractivity contribution >= 4 is 29.8 Å². The zero-order chi connectivity index (χ0) is 19.0. The van der Waals surface area contributed by atoms with Crippen LogP contribution in [0.5, 0.6) is 0 Å². The van der Waals surface area contributed by atoms with Crippen LogP contribution in [0.4, 0.5) is 5.69 Å². The second-order valence-electron chi connectivity index (χ2n) is 9.55. The summed E-state index contributed by atoms with van der Waals surface area (Å²) in [7, 11) is 2.20. The van der Waals surface area contributed by atoms with Gasteiger partial charge in [-0.25, -0.2) is 4.98 Å². The maximum Gasteiger partial charge on any atom is 0.374 e. The molecule has 138 valence electrons. The topological polar surface area (TPSA) is 32.5 Å². The van der Waals surface area contributed by atoms with Gasteiger partial charge in [-0.05, 0) is 71.7 Å². The Morgan fingerprint density at radius 3 is 2.50 bits per heavy atom. The summed E-state index contributed by atoms with van der Waals surface area (Å²) in [6.45, 7) is 16.4. The first-order valence-electron chi connectivity index (χ1n) is 9.62. The minimum Gasteiger partial charge on any atom is -0.436 e. The van der Waals surface area contributed by atoms with Crippen molar-refractivity contribution < 1.29 is 4.42 Å². The summed E-state index contributed by atoms with van der Waals surface area (Å²) in [5.41, 5.74) is 4.65. The molecule has 0 aromatic carbocycles.